The van der Waals surface area contributed by atoms with Gasteiger partial charge in [0.15, 0.2) is 15.0 Å². The van der Waals surface area contributed by atoms with Crippen molar-refractivity contribution in [2.24, 2.45) is 4.99 Å². The molecule has 0 unspecified atom stereocenters. The fourth-order valence-corrected chi connectivity index (χ4v) is 6.60. The number of ether oxygens (including phenoxy) is 1. The first-order chi connectivity index (χ1) is 13.0. The van der Waals surface area contributed by atoms with Crippen LogP contribution >= 0.6 is 11.8 Å². The highest BCUT2D eigenvalue weighted by Gasteiger charge is 2.47. The van der Waals surface area contributed by atoms with Crippen molar-refractivity contribution in [3.05, 3.63) is 59.7 Å². The number of hydrogen-bond donors (Lipinski definition) is 0. The second-order valence-corrected chi connectivity index (χ2v) is 10.0. The van der Waals surface area contributed by atoms with E-state index in [0.29, 0.717) is 0 Å². The molecule has 2 heterocycles. The Kier molecular flexibility index (Phi) is 4.90. The van der Waals surface area contributed by atoms with Crippen molar-refractivity contribution in [1.82, 2.24) is 0 Å². The molecule has 4 rings (SSSR count). The van der Waals surface area contributed by atoms with Crippen LogP contribution in [0.25, 0.3) is 0 Å². The monoisotopic (exact) mass is 402 g/mol. The first-order valence-electron chi connectivity index (χ1n) is 8.86. The van der Waals surface area contributed by atoms with Crippen LogP contribution in [0.4, 0.5) is 5.69 Å². The van der Waals surface area contributed by atoms with Gasteiger partial charge in [-0.15, -0.1) is 0 Å². The molecule has 0 N–H and O–H groups in total. The number of amidine groups is 1. The van der Waals surface area contributed by atoms with E-state index < -0.39 is 9.84 Å². The third kappa shape index (κ3) is 3.71. The summed E-state index contributed by atoms with van der Waals surface area (Å²) in [5.74, 6) is 1.77. The van der Waals surface area contributed by atoms with Crippen molar-refractivity contribution in [2.45, 2.75) is 24.8 Å². The largest absolute Gasteiger partial charge is 0.495 e. The molecule has 142 valence electrons. The van der Waals surface area contributed by atoms with E-state index in [1.54, 1.807) is 18.9 Å². The highest BCUT2D eigenvalue weighted by Crippen LogP contribution is 2.39. The average molecular weight is 403 g/mol. The maximum Gasteiger partial charge on any atom is 0.164 e. The number of benzene rings is 2. The van der Waals surface area contributed by atoms with Crippen molar-refractivity contribution in [3.8, 4) is 5.75 Å². The summed E-state index contributed by atoms with van der Waals surface area (Å²) >= 11 is 1.65. The van der Waals surface area contributed by atoms with Gasteiger partial charge in [-0.1, -0.05) is 53.7 Å². The van der Waals surface area contributed by atoms with Gasteiger partial charge in [0.1, 0.15) is 5.75 Å². The van der Waals surface area contributed by atoms with Crippen LogP contribution in [0.15, 0.2) is 53.5 Å². The van der Waals surface area contributed by atoms with Crippen LogP contribution in [0.2, 0.25) is 0 Å². The van der Waals surface area contributed by atoms with Gasteiger partial charge in [-0.2, -0.15) is 0 Å². The first-order valence-corrected chi connectivity index (χ1v) is 11.7. The van der Waals surface area contributed by atoms with E-state index in [1.165, 1.54) is 11.1 Å². The molecule has 1 saturated heterocycles. The van der Waals surface area contributed by atoms with Crippen LogP contribution in [0.1, 0.15) is 11.1 Å². The number of para-hydroxylation sites is 2. The molecule has 2 aromatic carbocycles. The topological polar surface area (TPSA) is 59.0 Å². The number of anilines is 1. The van der Waals surface area contributed by atoms with E-state index in [2.05, 4.69) is 36.1 Å². The predicted octanol–water partition coefficient (Wildman–Crippen LogP) is 3.28. The van der Waals surface area contributed by atoms with Crippen LogP contribution < -0.4 is 9.64 Å². The van der Waals surface area contributed by atoms with Gasteiger partial charge in [0, 0.05) is 5.75 Å². The number of aryl methyl sites for hydroxylation is 1. The molecule has 2 aliphatic rings. The van der Waals surface area contributed by atoms with Crippen LogP contribution in [-0.2, 0) is 15.6 Å². The molecule has 0 aliphatic carbocycles. The van der Waals surface area contributed by atoms with Gasteiger partial charge in [-0.25, -0.2) is 8.42 Å². The van der Waals surface area contributed by atoms with E-state index in [9.17, 15) is 8.42 Å². The molecular weight excluding hydrogens is 380 g/mol. The Bertz CT molecular complexity index is 988. The number of methoxy groups -OCH3 is 1. The van der Waals surface area contributed by atoms with Gasteiger partial charge in [-0.05, 0) is 24.6 Å². The number of thioether (sulfide) groups is 1. The summed E-state index contributed by atoms with van der Waals surface area (Å²) < 4.78 is 29.9. The Morgan fingerprint density at radius 1 is 1.19 bits per heavy atom. The minimum absolute atomic E-state index is 0.123. The van der Waals surface area contributed by atoms with Crippen molar-refractivity contribution < 1.29 is 13.2 Å². The smallest absolute Gasteiger partial charge is 0.164 e. The molecule has 0 saturated carbocycles. The van der Waals surface area contributed by atoms with Gasteiger partial charge in [0.05, 0.1) is 36.4 Å². The zero-order chi connectivity index (χ0) is 19.0. The van der Waals surface area contributed by atoms with Gasteiger partial charge < -0.3 is 9.64 Å². The minimum Gasteiger partial charge on any atom is -0.495 e. The van der Waals surface area contributed by atoms with Crippen LogP contribution in [-0.4, -0.2) is 44.3 Å². The van der Waals surface area contributed by atoms with Crippen molar-refractivity contribution >= 4 is 32.5 Å². The van der Waals surface area contributed by atoms with Gasteiger partial charge in [0.25, 0.3) is 0 Å². The zero-order valence-corrected chi connectivity index (χ0v) is 17.0. The molecule has 0 spiro atoms. The third-order valence-corrected chi connectivity index (χ3v) is 7.64. The third-order valence-electron chi connectivity index (χ3n) is 4.90. The molecular formula is C20H22N2O3S2. The van der Waals surface area contributed by atoms with E-state index in [4.69, 9.17) is 9.73 Å². The lowest BCUT2D eigenvalue weighted by atomic mass is 10.1. The molecule has 0 radical (unpaired) electrons. The Morgan fingerprint density at radius 3 is 2.78 bits per heavy atom. The number of fused-ring (bicyclic) bond motifs is 1. The SMILES string of the molecule is COc1ccccc1N1C(SCc2cccc(C)c2)=N[C@@H]2CS(=O)(=O)C[C@@H]21. The molecule has 2 aromatic rings. The lowest BCUT2D eigenvalue weighted by molar-refractivity contribution is 0.415. The molecule has 27 heavy (non-hydrogen) atoms. The fraction of sp³-hybridized carbons (Fsp3) is 0.350. The molecule has 1 fully saturated rings. The predicted molar refractivity (Wildman–Crippen MR) is 112 cm³/mol. The number of hydrogen-bond acceptors (Lipinski definition) is 6. The van der Waals surface area contributed by atoms with E-state index in [-0.39, 0.29) is 23.6 Å². The van der Waals surface area contributed by atoms with Crippen LogP contribution in [0.3, 0.4) is 0 Å². The van der Waals surface area contributed by atoms with E-state index >= 15 is 0 Å². The Balaban J connectivity index is 1.65. The zero-order valence-electron chi connectivity index (χ0n) is 15.3. The van der Waals surface area contributed by atoms with Crippen LogP contribution in [0, 0.1) is 6.92 Å². The second-order valence-electron chi connectivity index (χ2n) is 6.94. The summed E-state index contributed by atoms with van der Waals surface area (Å²) in [5.41, 5.74) is 3.33. The van der Waals surface area contributed by atoms with Gasteiger partial charge >= 0.3 is 0 Å². The lowest BCUT2D eigenvalue weighted by Crippen LogP contribution is -2.39. The lowest BCUT2D eigenvalue weighted by Gasteiger charge is -2.27. The molecule has 2 aliphatic heterocycles. The quantitative estimate of drug-likeness (QED) is 0.786. The summed E-state index contributed by atoms with van der Waals surface area (Å²) in [4.78, 5) is 6.85. The molecule has 2 atom stereocenters. The Hall–Kier alpha value is -1.99. The molecule has 7 heteroatoms. The average Bonchev–Trinajstić information content (AvgIpc) is 3.11. The van der Waals surface area contributed by atoms with E-state index in [0.717, 1.165) is 22.4 Å². The van der Waals surface area contributed by atoms with E-state index in [1.807, 2.05) is 24.3 Å². The summed E-state index contributed by atoms with van der Waals surface area (Å²) in [7, 11) is -1.43. The maximum atomic E-state index is 12.2. The summed E-state index contributed by atoms with van der Waals surface area (Å²) in [6.45, 7) is 2.08. The first kappa shape index (κ1) is 18.4. The number of aliphatic imine (C=N–C) groups is 1. The fourth-order valence-electron chi connectivity index (χ4n) is 3.69. The summed E-state index contributed by atoms with van der Waals surface area (Å²) in [6, 6.07) is 15.8. The number of rotatable bonds is 4. The molecule has 0 bridgehead atoms. The molecule has 0 aromatic heterocycles. The number of sulfone groups is 1. The Morgan fingerprint density at radius 2 is 2.00 bits per heavy atom. The van der Waals surface area contributed by atoms with Crippen molar-refractivity contribution in [3.63, 3.8) is 0 Å². The summed E-state index contributed by atoms with van der Waals surface area (Å²) in [5, 5.41) is 0.867. The van der Waals surface area contributed by atoms with Crippen molar-refractivity contribution in [1.29, 1.82) is 0 Å². The minimum atomic E-state index is -3.06. The normalized spacial score (nSPS) is 23.2. The van der Waals surface area contributed by atoms with Crippen LogP contribution in [0.5, 0.6) is 5.75 Å². The molecule has 5 nitrogen and oxygen atoms in total. The standard InChI is InChI=1S/C20H22N2O3S2/c1-14-6-5-7-15(10-14)11-26-20-21-16-12-27(23,24)13-18(16)22(20)17-8-3-4-9-19(17)25-2/h3-10,16,18H,11-13H2,1-2H3/t16-,18+/m1/s1. The van der Waals surface area contributed by atoms with Gasteiger partial charge in [-0.3, -0.25) is 4.99 Å². The highest BCUT2D eigenvalue weighted by atomic mass is 32.2. The maximum absolute atomic E-state index is 12.2. The van der Waals surface area contributed by atoms with Gasteiger partial charge in [0.2, 0.25) is 0 Å². The van der Waals surface area contributed by atoms with Crippen molar-refractivity contribution in [2.75, 3.05) is 23.5 Å². The number of nitrogens with zero attached hydrogens (tertiary/aromatic N) is 2. The second kappa shape index (κ2) is 7.20. The summed E-state index contributed by atoms with van der Waals surface area (Å²) in [6.07, 6.45) is 0. The molecule has 0 amide bonds. The Labute approximate surface area is 164 Å². The highest BCUT2D eigenvalue weighted by molar-refractivity contribution is 8.13.